The van der Waals surface area contributed by atoms with Gasteiger partial charge in [0, 0.05) is 43.5 Å². The fourth-order valence-electron chi connectivity index (χ4n) is 3.59. The maximum Gasteiger partial charge on any atom is 0.254 e. The summed E-state index contributed by atoms with van der Waals surface area (Å²) in [6, 6.07) is 3.91. The molecule has 6 heteroatoms. The number of likely N-dealkylation sites (tertiary alicyclic amines) is 2. The van der Waals surface area contributed by atoms with Gasteiger partial charge in [-0.3, -0.25) is 9.69 Å². The zero-order chi connectivity index (χ0) is 16.2. The second-order valence-corrected chi connectivity index (χ2v) is 6.40. The van der Waals surface area contributed by atoms with E-state index in [9.17, 15) is 9.90 Å². The second-order valence-electron chi connectivity index (χ2n) is 6.40. The number of aromatic nitrogens is 1. The Morgan fingerprint density at radius 2 is 2.09 bits per heavy atom. The summed E-state index contributed by atoms with van der Waals surface area (Å²) >= 11 is 0. The van der Waals surface area contributed by atoms with E-state index in [-0.39, 0.29) is 12.0 Å². The number of aliphatic hydroxyl groups excluding tert-OH is 1. The average molecular weight is 319 g/mol. The second kappa shape index (κ2) is 7.27. The smallest absolute Gasteiger partial charge is 0.254 e. The van der Waals surface area contributed by atoms with Crippen molar-refractivity contribution >= 4 is 5.91 Å². The highest BCUT2D eigenvalue weighted by Gasteiger charge is 2.30. The summed E-state index contributed by atoms with van der Waals surface area (Å²) < 4.78 is 5.09. The largest absolute Gasteiger partial charge is 0.481 e. The minimum absolute atomic E-state index is 0.0443. The number of aliphatic hydroxyl groups is 1. The number of methoxy groups -OCH3 is 1. The number of hydrogen-bond acceptors (Lipinski definition) is 5. The topological polar surface area (TPSA) is 65.9 Å². The summed E-state index contributed by atoms with van der Waals surface area (Å²) in [5.41, 5.74) is 0.628. The van der Waals surface area contributed by atoms with Crippen molar-refractivity contribution in [3.05, 3.63) is 23.9 Å². The number of pyridine rings is 1. The van der Waals surface area contributed by atoms with Gasteiger partial charge in [-0.2, -0.15) is 0 Å². The van der Waals surface area contributed by atoms with Gasteiger partial charge in [0.1, 0.15) is 0 Å². The first-order valence-electron chi connectivity index (χ1n) is 8.39. The lowest BCUT2D eigenvalue weighted by Gasteiger charge is -2.41. The van der Waals surface area contributed by atoms with Crippen LogP contribution in [0.3, 0.4) is 0 Å². The molecule has 126 valence electrons. The number of ether oxygens (including phenoxy) is 1. The van der Waals surface area contributed by atoms with Gasteiger partial charge >= 0.3 is 0 Å². The molecule has 0 aliphatic carbocycles. The van der Waals surface area contributed by atoms with Crippen LogP contribution in [0.5, 0.6) is 5.88 Å². The van der Waals surface area contributed by atoms with Gasteiger partial charge in [-0.25, -0.2) is 4.98 Å². The van der Waals surface area contributed by atoms with Crippen LogP contribution in [0, 0.1) is 0 Å². The molecule has 2 fully saturated rings. The molecule has 2 aliphatic heterocycles. The van der Waals surface area contributed by atoms with Crippen LogP contribution in [0.1, 0.15) is 36.0 Å². The number of β-amino-alcohol motifs (C(OH)–C–C–N with tert-alkyl or cyclic N) is 1. The summed E-state index contributed by atoms with van der Waals surface area (Å²) in [4.78, 5) is 20.9. The monoisotopic (exact) mass is 319 g/mol. The first-order valence-corrected chi connectivity index (χ1v) is 8.39. The van der Waals surface area contributed by atoms with E-state index in [0.29, 0.717) is 17.5 Å². The van der Waals surface area contributed by atoms with E-state index in [2.05, 4.69) is 9.88 Å². The van der Waals surface area contributed by atoms with Gasteiger partial charge in [0.05, 0.1) is 13.2 Å². The fraction of sp³-hybridized carbons (Fsp3) is 0.647. The molecule has 1 N–H and O–H groups in total. The van der Waals surface area contributed by atoms with Crippen molar-refractivity contribution in [3.8, 4) is 5.88 Å². The van der Waals surface area contributed by atoms with E-state index in [0.717, 1.165) is 51.9 Å². The van der Waals surface area contributed by atoms with E-state index in [1.165, 1.54) is 0 Å². The molecule has 1 amide bonds. The number of rotatable bonds is 3. The Kier molecular flexibility index (Phi) is 5.13. The van der Waals surface area contributed by atoms with E-state index in [1.807, 2.05) is 4.90 Å². The molecule has 0 aromatic carbocycles. The van der Waals surface area contributed by atoms with Crippen molar-refractivity contribution in [2.24, 2.45) is 0 Å². The van der Waals surface area contributed by atoms with Crippen LogP contribution in [0.2, 0.25) is 0 Å². The zero-order valence-corrected chi connectivity index (χ0v) is 13.6. The quantitative estimate of drug-likeness (QED) is 0.905. The maximum absolute atomic E-state index is 12.6. The van der Waals surface area contributed by atoms with Gasteiger partial charge in [-0.1, -0.05) is 0 Å². The van der Waals surface area contributed by atoms with Crippen LogP contribution < -0.4 is 4.74 Å². The van der Waals surface area contributed by atoms with Gasteiger partial charge in [-0.05, 0) is 38.3 Å². The van der Waals surface area contributed by atoms with Crippen LogP contribution >= 0.6 is 0 Å². The van der Waals surface area contributed by atoms with Gasteiger partial charge in [0.2, 0.25) is 5.88 Å². The standard InChI is InChI=1S/C17H25N3O3/c1-23-16-11-13(4-7-18-16)17(22)19-9-5-14(6-10-19)20-8-2-3-15(21)12-20/h4,7,11,14-15,21H,2-3,5-6,8-10,12H2,1H3/t15-/m1/s1. The van der Waals surface area contributed by atoms with Crippen LogP contribution in [0.25, 0.3) is 0 Å². The minimum atomic E-state index is -0.187. The first kappa shape index (κ1) is 16.2. The number of carbonyl (C=O) groups is 1. The molecule has 6 nitrogen and oxygen atoms in total. The third-order valence-corrected chi connectivity index (χ3v) is 4.89. The lowest BCUT2D eigenvalue weighted by atomic mass is 9.98. The molecule has 0 bridgehead atoms. The Hall–Kier alpha value is -1.66. The summed E-state index contributed by atoms with van der Waals surface area (Å²) in [7, 11) is 1.55. The molecule has 0 saturated carbocycles. The molecular formula is C17H25N3O3. The fourth-order valence-corrected chi connectivity index (χ4v) is 3.59. The SMILES string of the molecule is COc1cc(C(=O)N2CCC(N3CCC[C@@H](O)C3)CC2)ccn1. The van der Waals surface area contributed by atoms with Gasteiger partial charge in [0.25, 0.3) is 5.91 Å². The number of amides is 1. The molecule has 3 heterocycles. The predicted molar refractivity (Wildman–Crippen MR) is 86.5 cm³/mol. The van der Waals surface area contributed by atoms with E-state index < -0.39 is 0 Å². The molecule has 23 heavy (non-hydrogen) atoms. The van der Waals surface area contributed by atoms with Crippen LogP contribution in [-0.4, -0.2) is 71.2 Å². The van der Waals surface area contributed by atoms with Crippen molar-refractivity contribution in [2.45, 2.75) is 37.8 Å². The minimum Gasteiger partial charge on any atom is -0.481 e. The Bertz CT molecular complexity index is 544. The van der Waals surface area contributed by atoms with Crippen molar-refractivity contribution in [2.75, 3.05) is 33.3 Å². The molecule has 1 aromatic rings. The predicted octanol–water partition coefficient (Wildman–Crippen LogP) is 1.15. The van der Waals surface area contributed by atoms with Gasteiger partial charge in [0.15, 0.2) is 0 Å². The number of piperidine rings is 2. The highest BCUT2D eigenvalue weighted by Crippen LogP contribution is 2.22. The Labute approximate surface area is 137 Å². The maximum atomic E-state index is 12.6. The van der Waals surface area contributed by atoms with E-state index in [1.54, 1.807) is 25.4 Å². The first-order chi connectivity index (χ1) is 11.2. The molecule has 3 rings (SSSR count). The van der Waals surface area contributed by atoms with Crippen LogP contribution in [-0.2, 0) is 0 Å². The lowest BCUT2D eigenvalue weighted by molar-refractivity contribution is 0.0240. The number of hydrogen-bond donors (Lipinski definition) is 1. The normalized spacial score (nSPS) is 23.7. The molecule has 0 spiro atoms. The van der Waals surface area contributed by atoms with Crippen molar-refractivity contribution < 1.29 is 14.6 Å². The molecule has 1 atom stereocenters. The van der Waals surface area contributed by atoms with Gasteiger partial charge in [-0.15, -0.1) is 0 Å². The van der Waals surface area contributed by atoms with Crippen molar-refractivity contribution in [3.63, 3.8) is 0 Å². The number of carbonyl (C=O) groups excluding carboxylic acids is 1. The highest BCUT2D eigenvalue weighted by atomic mass is 16.5. The lowest BCUT2D eigenvalue weighted by Crippen LogP contribution is -2.50. The third-order valence-electron chi connectivity index (χ3n) is 4.89. The zero-order valence-electron chi connectivity index (χ0n) is 13.6. The molecule has 0 radical (unpaired) electrons. The summed E-state index contributed by atoms with van der Waals surface area (Å²) in [5, 5.41) is 9.82. The third kappa shape index (κ3) is 3.82. The highest BCUT2D eigenvalue weighted by molar-refractivity contribution is 5.94. The van der Waals surface area contributed by atoms with E-state index in [4.69, 9.17) is 4.74 Å². The Morgan fingerprint density at radius 1 is 1.30 bits per heavy atom. The summed E-state index contributed by atoms with van der Waals surface area (Å²) in [6.07, 6.45) is 5.34. The molecule has 2 saturated heterocycles. The van der Waals surface area contributed by atoms with Crippen molar-refractivity contribution in [1.82, 2.24) is 14.8 Å². The summed E-state index contributed by atoms with van der Waals surface area (Å²) in [6.45, 7) is 3.37. The summed E-state index contributed by atoms with van der Waals surface area (Å²) in [5.74, 6) is 0.510. The molecule has 2 aliphatic rings. The Balaban J connectivity index is 1.56. The van der Waals surface area contributed by atoms with Gasteiger partial charge < -0.3 is 14.7 Å². The van der Waals surface area contributed by atoms with E-state index >= 15 is 0 Å². The Morgan fingerprint density at radius 3 is 2.78 bits per heavy atom. The molecule has 0 unspecified atom stereocenters. The van der Waals surface area contributed by atoms with Crippen molar-refractivity contribution in [1.29, 1.82) is 0 Å². The average Bonchev–Trinajstić information content (AvgIpc) is 2.61. The molecule has 1 aromatic heterocycles. The van der Waals surface area contributed by atoms with Crippen LogP contribution in [0.15, 0.2) is 18.3 Å². The van der Waals surface area contributed by atoms with Crippen LogP contribution in [0.4, 0.5) is 0 Å². The molecular weight excluding hydrogens is 294 g/mol. The number of nitrogens with zero attached hydrogens (tertiary/aromatic N) is 3.